The molecule has 19 heavy (non-hydrogen) atoms. The molecule has 0 bridgehead atoms. The Morgan fingerprint density at radius 3 is 2.63 bits per heavy atom. The van der Waals surface area contributed by atoms with Crippen molar-refractivity contribution in [3.05, 3.63) is 28.8 Å². The van der Waals surface area contributed by atoms with Gasteiger partial charge in [0.2, 0.25) is 0 Å². The molecule has 106 valence electrons. The van der Waals surface area contributed by atoms with Crippen molar-refractivity contribution in [2.45, 2.75) is 37.8 Å². The van der Waals surface area contributed by atoms with E-state index in [1.165, 1.54) is 25.7 Å². The van der Waals surface area contributed by atoms with E-state index in [0.717, 1.165) is 12.1 Å². The summed E-state index contributed by atoms with van der Waals surface area (Å²) in [7, 11) is 4.31. The van der Waals surface area contributed by atoms with Crippen LogP contribution in [0.1, 0.15) is 31.2 Å². The summed E-state index contributed by atoms with van der Waals surface area (Å²) in [6.45, 7) is 1.61. The number of hydrogen-bond donors (Lipinski definition) is 2. The number of aromatic hydroxyl groups is 1. The lowest BCUT2D eigenvalue weighted by Crippen LogP contribution is -2.49. The molecule has 0 spiro atoms. The molecule has 1 aromatic rings. The summed E-state index contributed by atoms with van der Waals surface area (Å²) in [4.78, 5) is 2.34. The van der Waals surface area contributed by atoms with Gasteiger partial charge in [0.1, 0.15) is 5.75 Å². The zero-order chi connectivity index (χ0) is 13.9. The van der Waals surface area contributed by atoms with Crippen LogP contribution in [0.5, 0.6) is 5.75 Å². The fraction of sp³-hybridized carbons (Fsp3) is 0.600. The second-order valence-corrected chi connectivity index (χ2v) is 6.08. The van der Waals surface area contributed by atoms with E-state index in [9.17, 15) is 5.11 Å². The normalized spacial score (nSPS) is 18.1. The van der Waals surface area contributed by atoms with E-state index in [1.54, 1.807) is 6.07 Å². The van der Waals surface area contributed by atoms with Crippen molar-refractivity contribution in [1.29, 1.82) is 0 Å². The summed E-state index contributed by atoms with van der Waals surface area (Å²) >= 11 is 5.91. The van der Waals surface area contributed by atoms with Gasteiger partial charge in [0.25, 0.3) is 0 Å². The maximum atomic E-state index is 9.88. The van der Waals surface area contributed by atoms with Crippen molar-refractivity contribution >= 4 is 11.6 Å². The van der Waals surface area contributed by atoms with Gasteiger partial charge in [-0.05, 0) is 33.0 Å². The summed E-state index contributed by atoms with van der Waals surface area (Å²) in [5.74, 6) is 0.196. The zero-order valence-corrected chi connectivity index (χ0v) is 12.5. The Morgan fingerprint density at radius 2 is 2.00 bits per heavy atom. The molecule has 0 aromatic heterocycles. The maximum absolute atomic E-state index is 9.88. The highest BCUT2D eigenvalue weighted by Crippen LogP contribution is 2.33. The second-order valence-electron chi connectivity index (χ2n) is 5.68. The Hall–Kier alpha value is -0.770. The average molecular weight is 283 g/mol. The van der Waals surface area contributed by atoms with Crippen molar-refractivity contribution in [3.8, 4) is 5.75 Å². The number of para-hydroxylation sites is 1. The van der Waals surface area contributed by atoms with E-state index >= 15 is 0 Å². The van der Waals surface area contributed by atoms with Gasteiger partial charge in [0.05, 0.1) is 5.02 Å². The zero-order valence-electron chi connectivity index (χ0n) is 11.7. The van der Waals surface area contributed by atoms with Crippen LogP contribution >= 0.6 is 11.6 Å². The molecule has 0 aliphatic heterocycles. The number of nitrogens with one attached hydrogen (secondary N) is 1. The van der Waals surface area contributed by atoms with Crippen LogP contribution in [0.2, 0.25) is 5.02 Å². The first-order valence-corrected chi connectivity index (χ1v) is 7.27. The predicted molar refractivity (Wildman–Crippen MR) is 79.7 cm³/mol. The Morgan fingerprint density at radius 1 is 1.32 bits per heavy atom. The van der Waals surface area contributed by atoms with E-state index in [-0.39, 0.29) is 11.3 Å². The lowest BCUT2D eigenvalue weighted by molar-refractivity contribution is 0.153. The average Bonchev–Trinajstić information content (AvgIpc) is 2.85. The van der Waals surface area contributed by atoms with Crippen molar-refractivity contribution < 1.29 is 5.11 Å². The lowest BCUT2D eigenvalue weighted by Gasteiger charge is -2.36. The predicted octanol–water partition coefficient (Wildman–Crippen LogP) is 3.01. The van der Waals surface area contributed by atoms with Gasteiger partial charge in [-0.15, -0.1) is 0 Å². The SMILES string of the molecule is CN(C)C1(CNCc2cccc(Cl)c2O)CCCC1. The fourth-order valence-electron chi connectivity index (χ4n) is 2.95. The topological polar surface area (TPSA) is 35.5 Å². The molecule has 0 saturated heterocycles. The number of benzene rings is 1. The van der Waals surface area contributed by atoms with Crippen LogP contribution in [0.4, 0.5) is 0 Å². The number of likely N-dealkylation sites (N-methyl/N-ethyl adjacent to an activating group) is 1. The van der Waals surface area contributed by atoms with Gasteiger partial charge < -0.3 is 15.3 Å². The summed E-state index contributed by atoms with van der Waals surface area (Å²) in [5, 5.41) is 13.8. The Labute approximate surface area is 120 Å². The van der Waals surface area contributed by atoms with Crippen molar-refractivity contribution in [1.82, 2.24) is 10.2 Å². The number of nitrogens with zero attached hydrogens (tertiary/aromatic N) is 1. The van der Waals surface area contributed by atoms with Crippen molar-refractivity contribution in [3.63, 3.8) is 0 Å². The first-order chi connectivity index (χ1) is 9.05. The lowest BCUT2D eigenvalue weighted by atomic mass is 9.96. The maximum Gasteiger partial charge on any atom is 0.138 e. The second kappa shape index (κ2) is 6.12. The smallest absolute Gasteiger partial charge is 0.138 e. The third kappa shape index (κ3) is 3.22. The Balaban J connectivity index is 1.94. The highest BCUT2D eigenvalue weighted by atomic mass is 35.5. The molecule has 1 aromatic carbocycles. The molecule has 0 unspecified atom stereocenters. The molecule has 0 heterocycles. The molecular weight excluding hydrogens is 260 g/mol. The molecule has 1 aliphatic rings. The number of hydrogen-bond acceptors (Lipinski definition) is 3. The van der Waals surface area contributed by atoms with E-state index in [1.807, 2.05) is 12.1 Å². The van der Waals surface area contributed by atoms with Crippen LogP contribution in [0.25, 0.3) is 0 Å². The van der Waals surface area contributed by atoms with Crippen LogP contribution in [0.3, 0.4) is 0 Å². The Kier molecular flexibility index (Phi) is 4.71. The minimum Gasteiger partial charge on any atom is -0.506 e. The third-order valence-electron chi connectivity index (χ3n) is 4.32. The van der Waals surface area contributed by atoms with Crippen LogP contribution < -0.4 is 5.32 Å². The summed E-state index contributed by atoms with van der Waals surface area (Å²) in [6.07, 6.45) is 5.10. The largest absolute Gasteiger partial charge is 0.506 e. The first kappa shape index (κ1) is 14.6. The molecule has 4 heteroatoms. The van der Waals surface area contributed by atoms with Gasteiger partial charge in [-0.25, -0.2) is 0 Å². The van der Waals surface area contributed by atoms with Crippen LogP contribution in [0, 0.1) is 0 Å². The van der Waals surface area contributed by atoms with E-state index < -0.39 is 0 Å². The third-order valence-corrected chi connectivity index (χ3v) is 4.63. The molecular formula is C15H23ClN2O. The van der Waals surface area contributed by atoms with E-state index in [2.05, 4.69) is 24.3 Å². The van der Waals surface area contributed by atoms with Crippen LogP contribution in [0.15, 0.2) is 18.2 Å². The molecule has 2 N–H and O–H groups in total. The van der Waals surface area contributed by atoms with Gasteiger partial charge in [0.15, 0.2) is 0 Å². The van der Waals surface area contributed by atoms with E-state index in [0.29, 0.717) is 11.6 Å². The van der Waals surface area contributed by atoms with Gasteiger partial charge >= 0.3 is 0 Å². The van der Waals surface area contributed by atoms with Gasteiger partial charge in [-0.3, -0.25) is 0 Å². The molecule has 1 aliphatic carbocycles. The number of rotatable bonds is 5. The monoisotopic (exact) mass is 282 g/mol. The molecule has 1 saturated carbocycles. The van der Waals surface area contributed by atoms with Gasteiger partial charge in [-0.1, -0.05) is 36.6 Å². The van der Waals surface area contributed by atoms with Crippen molar-refractivity contribution in [2.75, 3.05) is 20.6 Å². The first-order valence-electron chi connectivity index (χ1n) is 6.90. The molecule has 3 nitrogen and oxygen atoms in total. The molecule has 0 atom stereocenters. The highest BCUT2D eigenvalue weighted by Gasteiger charge is 2.35. The quantitative estimate of drug-likeness (QED) is 0.871. The molecule has 1 fully saturated rings. The molecule has 2 rings (SSSR count). The number of halogens is 1. The summed E-state index contributed by atoms with van der Waals surface area (Å²) in [6, 6.07) is 5.49. The minimum atomic E-state index is 0.196. The Bertz CT molecular complexity index is 428. The van der Waals surface area contributed by atoms with Gasteiger partial charge in [-0.2, -0.15) is 0 Å². The highest BCUT2D eigenvalue weighted by molar-refractivity contribution is 6.32. The van der Waals surface area contributed by atoms with Crippen molar-refractivity contribution in [2.24, 2.45) is 0 Å². The van der Waals surface area contributed by atoms with Crippen LogP contribution in [-0.2, 0) is 6.54 Å². The minimum absolute atomic E-state index is 0.196. The molecule has 0 radical (unpaired) electrons. The molecule has 0 amide bonds. The van der Waals surface area contributed by atoms with E-state index in [4.69, 9.17) is 11.6 Å². The summed E-state index contributed by atoms with van der Waals surface area (Å²) in [5.41, 5.74) is 1.13. The van der Waals surface area contributed by atoms with Gasteiger partial charge in [0, 0.05) is 24.2 Å². The standard InChI is InChI=1S/C15H23ClN2O/c1-18(2)15(8-3-4-9-15)11-17-10-12-6-5-7-13(16)14(12)19/h5-7,17,19H,3-4,8-11H2,1-2H3. The van der Waals surface area contributed by atoms with Crippen LogP contribution in [-0.4, -0.2) is 36.2 Å². The fourth-order valence-corrected chi connectivity index (χ4v) is 3.14. The summed E-state index contributed by atoms with van der Waals surface area (Å²) < 4.78 is 0. The number of phenols is 1. The number of phenolic OH excluding ortho intramolecular Hbond substituents is 1.